The predicted octanol–water partition coefficient (Wildman–Crippen LogP) is 2.06. The van der Waals surface area contributed by atoms with Crippen molar-refractivity contribution in [2.75, 3.05) is 27.8 Å². The van der Waals surface area contributed by atoms with Crippen LogP contribution in [-0.4, -0.2) is 50.4 Å². The molecule has 2 aromatic rings. The van der Waals surface area contributed by atoms with Crippen LogP contribution in [-0.2, 0) is 4.79 Å². The molecule has 0 unspecified atom stereocenters. The maximum Gasteiger partial charge on any atom is 0.269 e. The van der Waals surface area contributed by atoms with E-state index in [1.165, 1.54) is 49.6 Å². The Morgan fingerprint density at radius 2 is 1.78 bits per heavy atom. The molecule has 0 atom stereocenters. The summed E-state index contributed by atoms with van der Waals surface area (Å²) in [6.45, 7) is -0.208. The quantitative estimate of drug-likeness (QED) is 0.649. The van der Waals surface area contributed by atoms with Crippen LogP contribution >= 0.6 is 27.3 Å². The Labute approximate surface area is 168 Å². The van der Waals surface area contributed by atoms with E-state index in [1.807, 2.05) is 0 Å². The summed E-state index contributed by atoms with van der Waals surface area (Å²) in [5.41, 5.74) is 4.86. The van der Waals surface area contributed by atoms with Gasteiger partial charge in [-0.3, -0.25) is 25.2 Å². The Bertz CT molecular complexity index is 855. The number of rotatable bonds is 6. The SMILES string of the molecule is COc1ccc(C(=O)NNC(=O)CN(C)C(=O)c2ccc(Br)s2)cc1OC. The highest BCUT2D eigenvalue weighted by Gasteiger charge is 2.17. The summed E-state index contributed by atoms with van der Waals surface area (Å²) in [6, 6.07) is 8.04. The van der Waals surface area contributed by atoms with E-state index in [0.717, 1.165) is 3.79 Å². The van der Waals surface area contributed by atoms with Gasteiger partial charge in [-0.2, -0.15) is 0 Å². The molecule has 2 rings (SSSR count). The molecular weight excluding hydrogens is 438 g/mol. The highest BCUT2D eigenvalue weighted by atomic mass is 79.9. The number of hydrogen-bond donors (Lipinski definition) is 2. The first-order valence-electron chi connectivity index (χ1n) is 7.67. The summed E-state index contributed by atoms with van der Waals surface area (Å²) in [5.74, 6) is -0.467. The average Bonchev–Trinajstić information content (AvgIpc) is 3.10. The van der Waals surface area contributed by atoms with Crippen molar-refractivity contribution in [3.05, 3.63) is 44.6 Å². The summed E-state index contributed by atoms with van der Waals surface area (Å²) in [5, 5.41) is 0. The first-order chi connectivity index (χ1) is 12.8. The zero-order chi connectivity index (χ0) is 20.0. The van der Waals surface area contributed by atoms with E-state index in [0.29, 0.717) is 16.4 Å². The number of nitrogens with zero attached hydrogens (tertiary/aromatic N) is 1. The van der Waals surface area contributed by atoms with Crippen LogP contribution in [0.1, 0.15) is 20.0 Å². The molecule has 1 aromatic carbocycles. The summed E-state index contributed by atoms with van der Waals surface area (Å²) in [6.07, 6.45) is 0. The molecule has 1 aromatic heterocycles. The van der Waals surface area contributed by atoms with E-state index in [9.17, 15) is 14.4 Å². The normalized spacial score (nSPS) is 10.1. The number of likely N-dealkylation sites (N-methyl/N-ethyl adjacent to an activating group) is 1. The molecule has 0 aliphatic rings. The molecule has 27 heavy (non-hydrogen) atoms. The fourth-order valence-electron chi connectivity index (χ4n) is 2.12. The minimum atomic E-state index is -0.532. The average molecular weight is 456 g/mol. The lowest BCUT2D eigenvalue weighted by Crippen LogP contribution is -2.46. The van der Waals surface area contributed by atoms with Gasteiger partial charge in [-0.1, -0.05) is 0 Å². The number of hydrazine groups is 1. The molecule has 0 fully saturated rings. The molecule has 10 heteroatoms. The van der Waals surface area contributed by atoms with E-state index in [2.05, 4.69) is 26.8 Å². The van der Waals surface area contributed by atoms with Gasteiger partial charge >= 0.3 is 0 Å². The summed E-state index contributed by atoms with van der Waals surface area (Å²) >= 11 is 4.56. The monoisotopic (exact) mass is 455 g/mol. The van der Waals surface area contributed by atoms with E-state index in [-0.39, 0.29) is 18.0 Å². The molecule has 0 bridgehead atoms. The fourth-order valence-corrected chi connectivity index (χ4v) is 3.50. The second-order valence-corrected chi connectivity index (χ2v) is 7.80. The second kappa shape index (κ2) is 9.38. The van der Waals surface area contributed by atoms with Crippen molar-refractivity contribution in [2.24, 2.45) is 0 Å². The van der Waals surface area contributed by atoms with Gasteiger partial charge in [-0.25, -0.2) is 0 Å². The number of ether oxygens (including phenoxy) is 2. The van der Waals surface area contributed by atoms with Crippen molar-refractivity contribution in [2.45, 2.75) is 0 Å². The third-order valence-corrected chi connectivity index (χ3v) is 5.08. The minimum absolute atomic E-state index is 0.208. The van der Waals surface area contributed by atoms with Crippen LogP contribution in [0.3, 0.4) is 0 Å². The first kappa shape index (κ1) is 20.7. The van der Waals surface area contributed by atoms with Gasteiger partial charge in [0.2, 0.25) is 0 Å². The number of nitrogens with one attached hydrogen (secondary N) is 2. The number of amides is 3. The number of benzene rings is 1. The molecule has 8 nitrogen and oxygen atoms in total. The van der Waals surface area contributed by atoms with Crippen LogP contribution in [0, 0.1) is 0 Å². The summed E-state index contributed by atoms with van der Waals surface area (Å²) < 4.78 is 11.1. The van der Waals surface area contributed by atoms with Gasteiger partial charge in [0, 0.05) is 12.6 Å². The van der Waals surface area contributed by atoms with Crippen LogP contribution in [0.4, 0.5) is 0 Å². The van der Waals surface area contributed by atoms with Gasteiger partial charge in [0.25, 0.3) is 17.7 Å². The predicted molar refractivity (Wildman–Crippen MR) is 104 cm³/mol. The fraction of sp³-hybridized carbons (Fsp3) is 0.235. The van der Waals surface area contributed by atoms with Crippen LogP contribution in [0.25, 0.3) is 0 Å². The standard InChI is InChI=1S/C17H18BrN3O5S/c1-21(17(24)13-6-7-14(18)27-13)9-15(22)19-20-16(23)10-4-5-11(25-2)12(8-10)26-3/h4-8H,9H2,1-3H3,(H,19,22)(H,20,23). The van der Waals surface area contributed by atoms with Crippen LogP contribution < -0.4 is 20.3 Å². The zero-order valence-electron chi connectivity index (χ0n) is 14.9. The number of halogens is 1. The van der Waals surface area contributed by atoms with Gasteiger partial charge in [0.05, 0.1) is 22.9 Å². The van der Waals surface area contributed by atoms with Crippen molar-refractivity contribution in [1.82, 2.24) is 15.8 Å². The van der Waals surface area contributed by atoms with Crippen LogP contribution in [0.5, 0.6) is 11.5 Å². The lowest BCUT2D eigenvalue weighted by molar-refractivity contribution is -0.122. The number of carbonyl (C=O) groups is 3. The highest BCUT2D eigenvalue weighted by Crippen LogP contribution is 2.27. The lowest BCUT2D eigenvalue weighted by Gasteiger charge is -2.16. The largest absolute Gasteiger partial charge is 0.493 e. The Morgan fingerprint density at radius 3 is 2.37 bits per heavy atom. The number of carbonyl (C=O) groups excluding carboxylic acids is 3. The Morgan fingerprint density at radius 1 is 1.07 bits per heavy atom. The topological polar surface area (TPSA) is 97.0 Å². The van der Waals surface area contributed by atoms with E-state index in [1.54, 1.807) is 18.2 Å². The van der Waals surface area contributed by atoms with Gasteiger partial charge in [0.15, 0.2) is 11.5 Å². The van der Waals surface area contributed by atoms with Crippen LogP contribution in [0.2, 0.25) is 0 Å². The van der Waals surface area contributed by atoms with E-state index in [4.69, 9.17) is 9.47 Å². The molecule has 2 N–H and O–H groups in total. The van der Waals surface area contributed by atoms with E-state index >= 15 is 0 Å². The molecular formula is C17H18BrN3O5S. The van der Waals surface area contributed by atoms with Gasteiger partial charge in [-0.15, -0.1) is 11.3 Å². The molecule has 1 heterocycles. The lowest BCUT2D eigenvalue weighted by atomic mass is 10.2. The Kier molecular flexibility index (Phi) is 7.19. The number of methoxy groups -OCH3 is 2. The van der Waals surface area contributed by atoms with Gasteiger partial charge in [0.1, 0.15) is 6.54 Å². The minimum Gasteiger partial charge on any atom is -0.493 e. The molecule has 144 valence electrons. The third kappa shape index (κ3) is 5.44. The van der Waals surface area contributed by atoms with Crippen molar-refractivity contribution < 1.29 is 23.9 Å². The highest BCUT2D eigenvalue weighted by molar-refractivity contribution is 9.11. The van der Waals surface area contributed by atoms with Crippen molar-refractivity contribution >= 4 is 45.0 Å². The molecule has 0 spiro atoms. The molecule has 0 radical (unpaired) electrons. The summed E-state index contributed by atoms with van der Waals surface area (Å²) in [7, 11) is 4.45. The molecule has 3 amide bonds. The smallest absolute Gasteiger partial charge is 0.269 e. The van der Waals surface area contributed by atoms with E-state index < -0.39 is 11.8 Å². The van der Waals surface area contributed by atoms with Crippen LogP contribution in [0.15, 0.2) is 34.1 Å². The van der Waals surface area contributed by atoms with Gasteiger partial charge < -0.3 is 14.4 Å². The maximum absolute atomic E-state index is 12.2. The molecule has 0 aliphatic carbocycles. The molecule has 0 aliphatic heterocycles. The molecule has 0 saturated carbocycles. The Hall–Kier alpha value is -2.59. The second-order valence-electron chi connectivity index (χ2n) is 5.34. The number of thiophene rings is 1. The van der Waals surface area contributed by atoms with Crippen molar-refractivity contribution in [3.8, 4) is 11.5 Å². The maximum atomic E-state index is 12.2. The summed E-state index contributed by atoms with van der Waals surface area (Å²) in [4.78, 5) is 38.1. The Balaban J connectivity index is 1.89. The first-order valence-corrected chi connectivity index (χ1v) is 9.28. The van der Waals surface area contributed by atoms with Crippen molar-refractivity contribution in [3.63, 3.8) is 0 Å². The number of hydrogen-bond acceptors (Lipinski definition) is 6. The van der Waals surface area contributed by atoms with Crippen molar-refractivity contribution in [1.29, 1.82) is 0 Å². The van der Waals surface area contributed by atoms with Gasteiger partial charge in [-0.05, 0) is 46.3 Å². The zero-order valence-corrected chi connectivity index (χ0v) is 17.3. The third-order valence-electron chi connectivity index (χ3n) is 3.47. The molecule has 0 saturated heterocycles.